The molecule has 0 N–H and O–H groups in total. The van der Waals surface area contributed by atoms with Gasteiger partial charge in [-0.2, -0.15) is 0 Å². The van der Waals surface area contributed by atoms with Crippen molar-refractivity contribution in [3.8, 4) is 0 Å². The minimum Gasteiger partial charge on any atom is -0.324 e. The summed E-state index contributed by atoms with van der Waals surface area (Å²) in [6.07, 6.45) is 0.450. The first kappa shape index (κ1) is 17.8. The summed E-state index contributed by atoms with van der Waals surface area (Å²) in [5, 5.41) is 0.679. The molecule has 1 aliphatic rings. The first-order chi connectivity index (χ1) is 13.0. The summed E-state index contributed by atoms with van der Waals surface area (Å²) in [7, 11) is 0. The Morgan fingerprint density at radius 3 is 2.81 bits per heavy atom. The smallest absolute Gasteiger partial charge is 0.227 e. The Morgan fingerprint density at radius 1 is 1.26 bits per heavy atom. The van der Waals surface area contributed by atoms with Crippen LogP contribution < -0.4 is 4.90 Å². The molecule has 3 aromatic rings. The van der Waals surface area contributed by atoms with Crippen molar-refractivity contribution in [2.75, 3.05) is 11.4 Å². The predicted octanol–water partition coefficient (Wildman–Crippen LogP) is 5.09. The van der Waals surface area contributed by atoms with Gasteiger partial charge in [0.25, 0.3) is 0 Å². The average molecular weight is 380 g/mol. The molecule has 2 aromatic carbocycles. The molecule has 0 bridgehead atoms. The van der Waals surface area contributed by atoms with E-state index in [0.717, 1.165) is 33.7 Å². The van der Waals surface area contributed by atoms with Crippen molar-refractivity contribution in [3.63, 3.8) is 0 Å². The second-order valence-corrected chi connectivity index (χ2v) is 7.70. The third kappa shape index (κ3) is 3.15. The molecule has 1 aliphatic heterocycles. The summed E-state index contributed by atoms with van der Waals surface area (Å²) in [5.41, 5.74) is 4.92. The van der Waals surface area contributed by atoms with Crippen molar-refractivity contribution in [1.29, 1.82) is 0 Å². The van der Waals surface area contributed by atoms with E-state index in [0.29, 0.717) is 24.5 Å². The molecule has 5 heteroatoms. The second kappa shape index (κ2) is 6.86. The van der Waals surface area contributed by atoms with Gasteiger partial charge >= 0.3 is 0 Å². The zero-order valence-electron chi connectivity index (χ0n) is 15.6. The quantitative estimate of drug-likeness (QED) is 0.592. The maximum absolute atomic E-state index is 12.8. The van der Waals surface area contributed by atoms with Crippen molar-refractivity contribution in [2.45, 2.75) is 32.7 Å². The number of aromatic nitrogens is 2. The van der Waals surface area contributed by atoms with Crippen LogP contribution in [-0.4, -0.2) is 22.0 Å². The molecule has 0 spiro atoms. The number of imidazole rings is 1. The molecule has 1 aromatic heterocycles. The third-order valence-corrected chi connectivity index (χ3v) is 5.54. The minimum absolute atomic E-state index is 0.0441. The molecule has 1 fully saturated rings. The lowest BCUT2D eigenvalue weighted by Gasteiger charge is -2.20. The van der Waals surface area contributed by atoms with Crippen molar-refractivity contribution in [2.24, 2.45) is 0 Å². The number of fused-ring (bicyclic) bond motifs is 1. The Balaban J connectivity index is 1.74. The van der Waals surface area contributed by atoms with Crippen LogP contribution >= 0.6 is 11.6 Å². The van der Waals surface area contributed by atoms with E-state index in [1.165, 1.54) is 0 Å². The number of benzene rings is 2. The van der Waals surface area contributed by atoms with Crippen LogP contribution in [0.1, 0.15) is 30.7 Å². The van der Waals surface area contributed by atoms with Crippen LogP contribution in [0.5, 0.6) is 0 Å². The van der Waals surface area contributed by atoms with Gasteiger partial charge in [-0.3, -0.25) is 4.79 Å². The van der Waals surface area contributed by atoms with E-state index in [1.54, 1.807) is 0 Å². The molecule has 1 amide bonds. The van der Waals surface area contributed by atoms with Gasteiger partial charge in [0, 0.05) is 36.1 Å². The maximum Gasteiger partial charge on any atom is 0.227 e. The largest absolute Gasteiger partial charge is 0.324 e. The van der Waals surface area contributed by atoms with E-state index < -0.39 is 0 Å². The number of hydrogen-bond donors (Lipinski definition) is 0. The Labute approximate surface area is 164 Å². The fourth-order valence-corrected chi connectivity index (χ4v) is 4.01. The molecule has 27 heavy (non-hydrogen) atoms. The highest BCUT2D eigenvalue weighted by atomic mass is 35.5. The molecule has 0 radical (unpaired) electrons. The lowest BCUT2D eigenvalue weighted by atomic mass is 10.1. The number of halogens is 1. The van der Waals surface area contributed by atoms with Crippen molar-refractivity contribution in [1.82, 2.24) is 9.55 Å². The highest BCUT2D eigenvalue weighted by Crippen LogP contribution is 2.36. The normalized spacial score (nSPS) is 17.1. The summed E-state index contributed by atoms with van der Waals surface area (Å²) >= 11 is 6.27. The first-order valence-corrected chi connectivity index (χ1v) is 9.48. The number of nitrogens with zero attached hydrogens (tertiary/aromatic N) is 3. The van der Waals surface area contributed by atoms with Crippen LogP contribution in [0.4, 0.5) is 5.69 Å². The van der Waals surface area contributed by atoms with E-state index >= 15 is 0 Å². The summed E-state index contributed by atoms with van der Waals surface area (Å²) in [5.74, 6) is 1.11. The van der Waals surface area contributed by atoms with E-state index in [-0.39, 0.29) is 11.8 Å². The summed E-state index contributed by atoms with van der Waals surface area (Å²) in [4.78, 5) is 19.5. The predicted molar refractivity (Wildman–Crippen MR) is 110 cm³/mol. The Bertz CT molecular complexity index is 1050. The Kier molecular flexibility index (Phi) is 4.52. The van der Waals surface area contributed by atoms with E-state index in [4.69, 9.17) is 16.6 Å². The van der Waals surface area contributed by atoms with Crippen LogP contribution in [0.25, 0.3) is 11.0 Å². The molecule has 0 saturated carbocycles. The van der Waals surface area contributed by atoms with Crippen LogP contribution in [0.15, 0.2) is 54.6 Å². The minimum atomic E-state index is 0.0441. The highest BCUT2D eigenvalue weighted by molar-refractivity contribution is 6.31. The Hall–Kier alpha value is -2.59. The van der Waals surface area contributed by atoms with E-state index in [1.807, 2.05) is 55.1 Å². The summed E-state index contributed by atoms with van der Waals surface area (Å²) < 4.78 is 2.20. The van der Waals surface area contributed by atoms with E-state index in [9.17, 15) is 4.79 Å². The topological polar surface area (TPSA) is 38.1 Å². The first-order valence-electron chi connectivity index (χ1n) is 9.10. The SMILES string of the molecule is C=C(C)Cn1c([C@H]2CC(=O)N(c3cccc(Cl)c3C)C2)nc2ccccc21. The molecule has 0 unspecified atom stereocenters. The van der Waals surface area contributed by atoms with Crippen LogP contribution in [-0.2, 0) is 11.3 Å². The zero-order chi connectivity index (χ0) is 19.1. The number of para-hydroxylation sites is 2. The number of rotatable bonds is 4. The fourth-order valence-electron chi connectivity index (χ4n) is 3.84. The lowest BCUT2D eigenvalue weighted by Crippen LogP contribution is -2.25. The number of carbonyl (C=O) groups is 1. The average Bonchev–Trinajstić information content (AvgIpc) is 3.18. The van der Waals surface area contributed by atoms with Gasteiger partial charge < -0.3 is 9.47 Å². The summed E-state index contributed by atoms with van der Waals surface area (Å²) in [6.45, 7) is 9.35. The lowest BCUT2D eigenvalue weighted by molar-refractivity contribution is -0.117. The second-order valence-electron chi connectivity index (χ2n) is 7.29. The van der Waals surface area contributed by atoms with Gasteiger partial charge in [-0.1, -0.05) is 42.0 Å². The van der Waals surface area contributed by atoms with Gasteiger partial charge in [0.15, 0.2) is 0 Å². The number of hydrogen-bond acceptors (Lipinski definition) is 2. The molecule has 138 valence electrons. The molecule has 4 nitrogen and oxygen atoms in total. The molecular formula is C22H22ClN3O. The summed E-state index contributed by atoms with van der Waals surface area (Å²) in [6, 6.07) is 13.8. The van der Waals surface area contributed by atoms with Crippen LogP contribution in [0.2, 0.25) is 5.02 Å². The third-order valence-electron chi connectivity index (χ3n) is 5.13. The molecule has 2 heterocycles. The van der Waals surface area contributed by atoms with Gasteiger partial charge in [0.1, 0.15) is 5.82 Å². The molecule has 1 atom stereocenters. The zero-order valence-corrected chi connectivity index (χ0v) is 16.3. The number of allylic oxidation sites excluding steroid dienone is 1. The van der Waals surface area contributed by atoms with Crippen LogP contribution in [0, 0.1) is 6.92 Å². The van der Waals surface area contributed by atoms with Gasteiger partial charge in [0.05, 0.1) is 11.0 Å². The number of carbonyl (C=O) groups excluding carboxylic acids is 1. The number of anilines is 1. The molecular weight excluding hydrogens is 358 g/mol. The van der Waals surface area contributed by atoms with Gasteiger partial charge in [-0.05, 0) is 43.7 Å². The van der Waals surface area contributed by atoms with Crippen LogP contribution in [0.3, 0.4) is 0 Å². The van der Waals surface area contributed by atoms with Crippen molar-refractivity contribution < 1.29 is 4.79 Å². The van der Waals surface area contributed by atoms with E-state index in [2.05, 4.69) is 17.2 Å². The highest BCUT2D eigenvalue weighted by Gasteiger charge is 2.35. The molecule has 0 aliphatic carbocycles. The standard InChI is InChI=1S/C22H22ClN3O/c1-14(2)12-26-20-9-5-4-8-18(20)24-22(26)16-11-21(27)25(13-16)19-10-6-7-17(23)15(19)3/h4-10,16H,1,11-13H2,2-3H3/t16-/m0/s1. The van der Waals surface area contributed by atoms with Gasteiger partial charge in [-0.25, -0.2) is 4.98 Å². The van der Waals surface area contributed by atoms with Gasteiger partial charge in [-0.15, -0.1) is 0 Å². The number of amides is 1. The fraction of sp³-hybridized carbons (Fsp3) is 0.273. The maximum atomic E-state index is 12.8. The van der Waals surface area contributed by atoms with Crippen molar-refractivity contribution >= 4 is 34.2 Å². The Morgan fingerprint density at radius 2 is 2.04 bits per heavy atom. The van der Waals surface area contributed by atoms with Gasteiger partial charge in [0.2, 0.25) is 5.91 Å². The molecule has 1 saturated heterocycles. The monoisotopic (exact) mass is 379 g/mol. The van der Waals surface area contributed by atoms with Crippen molar-refractivity contribution in [3.05, 3.63) is 71.0 Å². The molecule has 4 rings (SSSR count).